The minimum Gasteiger partial charge on any atom is -0.338 e. The zero-order valence-corrected chi connectivity index (χ0v) is 14.1. The van der Waals surface area contributed by atoms with Crippen LogP contribution in [-0.4, -0.2) is 54.6 Å². The number of rotatable bonds is 3. The molecule has 1 aromatic heterocycles. The van der Waals surface area contributed by atoms with Crippen LogP contribution < -0.4 is 20.9 Å². The van der Waals surface area contributed by atoms with Crippen molar-refractivity contribution in [2.24, 2.45) is 5.41 Å². The molecule has 7 heteroatoms. The minimum absolute atomic E-state index is 0.135. The van der Waals surface area contributed by atoms with E-state index in [1.54, 1.807) is 12.4 Å². The van der Waals surface area contributed by atoms with Crippen LogP contribution in [0.2, 0.25) is 0 Å². The first-order chi connectivity index (χ1) is 11.8. The van der Waals surface area contributed by atoms with E-state index < -0.39 is 0 Å². The molecule has 3 N–H and O–H groups in total. The van der Waals surface area contributed by atoms with Crippen LogP contribution in [0, 0.1) is 5.41 Å². The molecule has 2 saturated heterocycles. The Labute approximate surface area is 142 Å². The van der Waals surface area contributed by atoms with E-state index in [1.165, 1.54) is 6.42 Å². The Morgan fingerprint density at radius 3 is 2.75 bits per heavy atom. The average Bonchev–Trinajstić information content (AvgIpc) is 3.08. The summed E-state index contributed by atoms with van der Waals surface area (Å²) < 4.78 is 0. The van der Waals surface area contributed by atoms with Crippen LogP contribution in [0.4, 0.5) is 11.6 Å². The van der Waals surface area contributed by atoms with Crippen LogP contribution in [0.15, 0.2) is 12.4 Å². The molecule has 1 aromatic rings. The minimum atomic E-state index is -0.241. The molecule has 3 aliphatic rings. The molecule has 0 spiro atoms. The molecule has 0 aromatic carbocycles. The van der Waals surface area contributed by atoms with Gasteiger partial charge in [0.15, 0.2) is 0 Å². The van der Waals surface area contributed by atoms with E-state index in [0.29, 0.717) is 11.7 Å². The summed E-state index contributed by atoms with van der Waals surface area (Å²) in [7, 11) is 0. The third kappa shape index (κ3) is 2.86. The molecule has 2 atom stereocenters. The van der Waals surface area contributed by atoms with Gasteiger partial charge < -0.3 is 20.9 Å². The highest BCUT2D eigenvalue weighted by Gasteiger charge is 2.49. The quantitative estimate of drug-likeness (QED) is 0.759. The van der Waals surface area contributed by atoms with Gasteiger partial charge in [0.05, 0.1) is 23.5 Å². The molecule has 3 fully saturated rings. The highest BCUT2D eigenvalue weighted by molar-refractivity contribution is 5.96. The second kappa shape index (κ2) is 6.64. The predicted octanol–water partition coefficient (Wildman–Crippen LogP) is 0.747. The second-order valence-corrected chi connectivity index (χ2v) is 7.12. The zero-order chi connectivity index (χ0) is 16.4. The average molecular weight is 330 g/mol. The number of hydrogen-bond donors (Lipinski definition) is 3. The number of hydrogen-bond acceptors (Lipinski definition) is 6. The lowest BCUT2D eigenvalue weighted by Crippen LogP contribution is -2.47. The van der Waals surface area contributed by atoms with Crippen LogP contribution in [0.1, 0.15) is 32.1 Å². The lowest BCUT2D eigenvalue weighted by Gasteiger charge is -2.37. The van der Waals surface area contributed by atoms with Gasteiger partial charge in [0, 0.05) is 32.2 Å². The Kier molecular flexibility index (Phi) is 4.37. The van der Waals surface area contributed by atoms with Crippen molar-refractivity contribution in [3.63, 3.8) is 0 Å². The maximum Gasteiger partial charge on any atom is 0.232 e. The molecule has 0 radical (unpaired) electrons. The van der Waals surface area contributed by atoms with Crippen LogP contribution in [0.5, 0.6) is 0 Å². The van der Waals surface area contributed by atoms with Crippen molar-refractivity contribution in [3.05, 3.63) is 12.4 Å². The fourth-order valence-electron chi connectivity index (χ4n) is 4.36. The van der Waals surface area contributed by atoms with E-state index in [9.17, 15) is 4.79 Å². The van der Waals surface area contributed by atoms with Crippen LogP contribution >= 0.6 is 0 Å². The summed E-state index contributed by atoms with van der Waals surface area (Å²) >= 11 is 0. The van der Waals surface area contributed by atoms with E-state index >= 15 is 0 Å². The predicted molar refractivity (Wildman–Crippen MR) is 93.1 cm³/mol. The summed E-state index contributed by atoms with van der Waals surface area (Å²) in [5.41, 5.74) is 0.458. The highest BCUT2D eigenvalue weighted by Crippen LogP contribution is 2.43. The third-order valence-corrected chi connectivity index (χ3v) is 5.74. The van der Waals surface area contributed by atoms with E-state index in [1.807, 2.05) is 0 Å². The second-order valence-electron chi connectivity index (χ2n) is 7.12. The lowest BCUT2D eigenvalue weighted by atomic mass is 9.70. The highest BCUT2D eigenvalue weighted by atomic mass is 16.2. The van der Waals surface area contributed by atoms with Crippen LogP contribution in [0.3, 0.4) is 0 Å². The van der Waals surface area contributed by atoms with Gasteiger partial charge in [-0.05, 0) is 25.8 Å². The lowest BCUT2D eigenvalue weighted by molar-refractivity contribution is -0.127. The molecule has 1 amide bonds. The fraction of sp³-hybridized carbons (Fsp3) is 0.706. The number of anilines is 2. The van der Waals surface area contributed by atoms with Crippen molar-refractivity contribution in [1.82, 2.24) is 20.6 Å². The number of aromatic nitrogens is 2. The first-order valence-corrected chi connectivity index (χ1v) is 9.10. The molecule has 4 rings (SSSR count). The number of fused-ring (bicyclic) bond motifs is 1. The van der Waals surface area contributed by atoms with Gasteiger partial charge in [0.1, 0.15) is 0 Å². The van der Waals surface area contributed by atoms with Gasteiger partial charge in [-0.15, -0.1) is 0 Å². The van der Waals surface area contributed by atoms with Crippen molar-refractivity contribution in [2.45, 2.75) is 38.1 Å². The van der Waals surface area contributed by atoms with Crippen LogP contribution in [0.25, 0.3) is 0 Å². The Hall–Kier alpha value is -1.73. The Morgan fingerprint density at radius 1 is 1.17 bits per heavy atom. The van der Waals surface area contributed by atoms with E-state index in [0.717, 1.165) is 64.4 Å². The maximum absolute atomic E-state index is 12.9. The SMILES string of the molecule is O=C(Nc1cnc(N2CCNCC2)nc1)[C@@]12CCCC[C@@H]1NCC2. The molecule has 24 heavy (non-hydrogen) atoms. The molecule has 2 aliphatic heterocycles. The molecule has 0 bridgehead atoms. The van der Waals surface area contributed by atoms with E-state index in [4.69, 9.17) is 0 Å². The van der Waals surface area contributed by atoms with Crippen molar-refractivity contribution in [1.29, 1.82) is 0 Å². The number of amides is 1. The molecule has 1 saturated carbocycles. The van der Waals surface area contributed by atoms with Crippen molar-refractivity contribution in [2.75, 3.05) is 42.9 Å². The molecule has 1 aliphatic carbocycles. The standard InChI is InChI=1S/C17H26N6O/c24-15(17-4-2-1-3-14(17)19-6-5-17)22-13-11-20-16(21-12-13)23-9-7-18-8-10-23/h11-12,14,18-19H,1-10H2,(H,22,24)/t14-,17+/m0/s1. The van der Waals surface area contributed by atoms with Gasteiger partial charge in [0.2, 0.25) is 11.9 Å². The van der Waals surface area contributed by atoms with E-state index in [2.05, 4.69) is 30.8 Å². The summed E-state index contributed by atoms with van der Waals surface area (Å²) in [6.45, 7) is 4.69. The van der Waals surface area contributed by atoms with Gasteiger partial charge in [-0.25, -0.2) is 9.97 Å². The number of nitrogens with zero attached hydrogens (tertiary/aromatic N) is 3. The molecule has 7 nitrogen and oxygen atoms in total. The summed E-state index contributed by atoms with van der Waals surface area (Å²) in [6.07, 6.45) is 8.85. The molecular formula is C17H26N6O. The fourth-order valence-corrected chi connectivity index (χ4v) is 4.36. The number of carbonyl (C=O) groups is 1. The van der Waals surface area contributed by atoms with Gasteiger partial charge >= 0.3 is 0 Å². The number of piperazine rings is 1. The smallest absolute Gasteiger partial charge is 0.232 e. The molecule has 130 valence electrons. The first-order valence-electron chi connectivity index (χ1n) is 9.10. The normalized spacial score (nSPS) is 30.0. The maximum atomic E-state index is 12.9. The van der Waals surface area contributed by atoms with Crippen molar-refractivity contribution in [3.8, 4) is 0 Å². The Morgan fingerprint density at radius 2 is 1.96 bits per heavy atom. The number of carbonyl (C=O) groups excluding carboxylic acids is 1. The Balaban J connectivity index is 1.44. The summed E-state index contributed by atoms with van der Waals surface area (Å²) in [5.74, 6) is 0.876. The van der Waals surface area contributed by atoms with Crippen LogP contribution in [-0.2, 0) is 4.79 Å². The van der Waals surface area contributed by atoms with Crippen molar-refractivity contribution >= 4 is 17.5 Å². The molecular weight excluding hydrogens is 304 g/mol. The first kappa shape index (κ1) is 15.8. The van der Waals surface area contributed by atoms with Gasteiger partial charge in [-0.3, -0.25) is 4.79 Å². The summed E-state index contributed by atoms with van der Waals surface area (Å²) in [5, 5.41) is 9.90. The van der Waals surface area contributed by atoms with Gasteiger partial charge in [0.25, 0.3) is 0 Å². The van der Waals surface area contributed by atoms with Gasteiger partial charge in [-0.1, -0.05) is 12.8 Å². The molecule has 0 unspecified atom stereocenters. The number of nitrogens with one attached hydrogen (secondary N) is 3. The van der Waals surface area contributed by atoms with Gasteiger partial charge in [-0.2, -0.15) is 0 Å². The summed E-state index contributed by atoms with van der Waals surface area (Å²) in [6, 6.07) is 0.326. The molecule has 3 heterocycles. The largest absolute Gasteiger partial charge is 0.338 e. The third-order valence-electron chi connectivity index (χ3n) is 5.74. The zero-order valence-electron chi connectivity index (χ0n) is 14.1. The topological polar surface area (TPSA) is 82.2 Å². The summed E-state index contributed by atoms with van der Waals surface area (Å²) in [4.78, 5) is 24.0. The Bertz CT molecular complexity index is 585. The van der Waals surface area contributed by atoms with E-state index in [-0.39, 0.29) is 11.3 Å². The monoisotopic (exact) mass is 330 g/mol. The van der Waals surface area contributed by atoms with Crippen molar-refractivity contribution < 1.29 is 4.79 Å².